The summed E-state index contributed by atoms with van der Waals surface area (Å²) >= 11 is 0. The highest BCUT2D eigenvalue weighted by Gasteiger charge is 2.18. The number of methoxy groups -OCH3 is 2. The van der Waals surface area contributed by atoms with E-state index < -0.39 is 11.6 Å². The number of ketones is 1. The van der Waals surface area contributed by atoms with Gasteiger partial charge in [-0.2, -0.15) is 0 Å². The van der Waals surface area contributed by atoms with Gasteiger partial charge in [-0.15, -0.1) is 0 Å². The fourth-order valence-corrected chi connectivity index (χ4v) is 3.25. The van der Waals surface area contributed by atoms with Crippen LogP contribution in [0.4, 0.5) is 0 Å². The van der Waals surface area contributed by atoms with Crippen LogP contribution in [0, 0.1) is 6.92 Å². The third-order valence-corrected chi connectivity index (χ3v) is 4.76. The van der Waals surface area contributed by atoms with Gasteiger partial charge in [0.2, 0.25) is 0 Å². The van der Waals surface area contributed by atoms with Gasteiger partial charge in [-0.1, -0.05) is 24.3 Å². The Morgan fingerprint density at radius 3 is 2.48 bits per heavy atom. The molecule has 0 spiro atoms. The fraction of sp³-hybridized carbons (Fsp3) is 0.208. The highest BCUT2D eigenvalue weighted by Crippen LogP contribution is 2.29. The maximum atomic E-state index is 12.2. The lowest BCUT2D eigenvalue weighted by atomic mass is 10.0. The van der Waals surface area contributed by atoms with E-state index in [1.807, 2.05) is 0 Å². The average molecular weight is 422 g/mol. The Kier molecular flexibility index (Phi) is 6.55. The topological polar surface area (TPSA) is 92.0 Å². The first-order valence-electron chi connectivity index (χ1n) is 9.47. The van der Waals surface area contributed by atoms with E-state index >= 15 is 0 Å². The molecule has 0 radical (unpaired) electrons. The van der Waals surface area contributed by atoms with Crippen molar-refractivity contribution in [3.05, 3.63) is 81.4 Å². The minimum absolute atomic E-state index is 0.0516. The number of hydrogen-bond donors (Lipinski definition) is 0. The number of carbonyl (C=O) groups excluding carboxylic acids is 2. The van der Waals surface area contributed by atoms with Gasteiger partial charge in [0.25, 0.3) is 0 Å². The summed E-state index contributed by atoms with van der Waals surface area (Å²) < 4.78 is 21.1. The maximum absolute atomic E-state index is 12.2. The van der Waals surface area contributed by atoms with Crippen LogP contribution in [0.3, 0.4) is 0 Å². The van der Waals surface area contributed by atoms with Gasteiger partial charge in [0.05, 0.1) is 26.0 Å². The monoisotopic (exact) mass is 422 g/mol. The largest absolute Gasteiger partial charge is 0.503 e. The second-order valence-electron chi connectivity index (χ2n) is 6.85. The molecule has 0 aliphatic rings. The Balaban J connectivity index is 2.03. The maximum Gasteiger partial charge on any atom is 0.341 e. The molecule has 3 rings (SSSR count). The minimum Gasteiger partial charge on any atom is -0.503 e. The number of rotatable bonds is 7. The Morgan fingerprint density at radius 2 is 1.81 bits per heavy atom. The van der Waals surface area contributed by atoms with Crippen molar-refractivity contribution in [1.82, 2.24) is 0 Å². The van der Waals surface area contributed by atoms with Gasteiger partial charge in [-0.3, -0.25) is 4.79 Å². The lowest BCUT2D eigenvalue weighted by Crippen LogP contribution is -2.09. The van der Waals surface area contributed by atoms with Crippen LogP contribution in [-0.2, 0) is 20.9 Å². The van der Waals surface area contributed by atoms with Crippen LogP contribution in [0.15, 0.2) is 57.9 Å². The quantitative estimate of drug-likeness (QED) is 0.186. The van der Waals surface area contributed by atoms with E-state index in [2.05, 4.69) is 0 Å². The molecule has 0 aliphatic carbocycles. The summed E-state index contributed by atoms with van der Waals surface area (Å²) in [7, 11) is 2.72. The average Bonchev–Trinajstić information content (AvgIpc) is 2.75. The number of Topliss-reactive ketones (excluding diaryl/α,β-unsaturated/α-hetero) is 1. The summed E-state index contributed by atoms with van der Waals surface area (Å²) in [5.41, 5.74) is 2.40. The van der Waals surface area contributed by atoms with Crippen molar-refractivity contribution in [1.29, 1.82) is 0 Å². The van der Waals surface area contributed by atoms with Gasteiger partial charge in [0, 0.05) is 17.5 Å². The van der Waals surface area contributed by atoms with Gasteiger partial charge in [0.15, 0.2) is 5.78 Å². The van der Waals surface area contributed by atoms with Gasteiger partial charge in [-0.05, 0) is 36.6 Å². The summed E-state index contributed by atoms with van der Waals surface area (Å²) in [6.45, 7) is 3.26. The SMILES string of the molecule is CO/C=C(/C(=O)OC)c1ccccc1COc1cc2oc(=O)cc(C)c2cc1C(C)=O. The molecule has 0 unspecified atom stereocenters. The summed E-state index contributed by atoms with van der Waals surface area (Å²) in [4.78, 5) is 36.2. The van der Waals surface area contributed by atoms with E-state index in [-0.39, 0.29) is 23.7 Å². The summed E-state index contributed by atoms with van der Waals surface area (Å²) in [5, 5.41) is 0.661. The van der Waals surface area contributed by atoms with E-state index in [4.69, 9.17) is 18.6 Å². The Morgan fingerprint density at radius 1 is 1.06 bits per heavy atom. The zero-order valence-electron chi connectivity index (χ0n) is 17.7. The van der Waals surface area contributed by atoms with Crippen LogP contribution in [-0.4, -0.2) is 26.0 Å². The van der Waals surface area contributed by atoms with Crippen LogP contribution < -0.4 is 10.4 Å². The lowest BCUT2D eigenvalue weighted by molar-refractivity contribution is -0.133. The van der Waals surface area contributed by atoms with Crippen molar-refractivity contribution >= 4 is 28.3 Å². The van der Waals surface area contributed by atoms with Crippen LogP contribution in [0.2, 0.25) is 0 Å². The van der Waals surface area contributed by atoms with Gasteiger partial charge >= 0.3 is 11.6 Å². The molecule has 0 amide bonds. The second-order valence-corrected chi connectivity index (χ2v) is 6.85. The summed E-state index contributed by atoms with van der Waals surface area (Å²) in [6.07, 6.45) is 1.30. The standard InChI is InChI=1S/C24H22O7/c1-14-9-23(26)31-22-11-21(19(15(2)25)10-18(14)22)30-12-16-7-5-6-8-17(16)20(13-28-3)24(27)29-4/h5-11,13H,12H2,1-4H3/b20-13+. The minimum atomic E-state index is -0.554. The molecule has 1 aromatic heterocycles. The number of hydrogen-bond acceptors (Lipinski definition) is 7. The molecule has 0 bridgehead atoms. The first-order chi connectivity index (χ1) is 14.8. The summed E-state index contributed by atoms with van der Waals surface area (Å²) in [5.74, 6) is -0.467. The first kappa shape index (κ1) is 21.8. The smallest absolute Gasteiger partial charge is 0.341 e. The molecule has 7 heteroatoms. The van der Waals surface area contributed by atoms with Crippen molar-refractivity contribution in [2.75, 3.05) is 14.2 Å². The third kappa shape index (κ3) is 4.66. The molecule has 160 valence electrons. The Hall–Kier alpha value is -3.87. The summed E-state index contributed by atoms with van der Waals surface area (Å²) in [6, 6.07) is 11.7. The second kappa shape index (κ2) is 9.30. The number of esters is 1. The molecule has 0 saturated carbocycles. The number of carbonyl (C=O) groups is 2. The molecule has 0 saturated heterocycles. The van der Waals surface area contributed by atoms with Crippen LogP contribution in [0.1, 0.15) is 34.0 Å². The van der Waals surface area contributed by atoms with Crippen LogP contribution >= 0.6 is 0 Å². The highest BCUT2D eigenvalue weighted by atomic mass is 16.5. The van der Waals surface area contributed by atoms with Gasteiger partial charge in [-0.25, -0.2) is 9.59 Å². The van der Waals surface area contributed by atoms with E-state index in [1.165, 1.54) is 39.5 Å². The molecule has 0 aliphatic heterocycles. The predicted octanol–water partition coefficient (Wildman–Crippen LogP) is 4.04. The fourth-order valence-electron chi connectivity index (χ4n) is 3.25. The van der Waals surface area contributed by atoms with Gasteiger partial charge < -0.3 is 18.6 Å². The van der Waals surface area contributed by atoms with Crippen molar-refractivity contribution in [3.8, 4) is 5.75 Å². The number of aryl methyl sites for hydroxylation is 1. The van der Waals surface area contributed by atoms with Crippen LogP contribution in [0.5, 0.6) is 5.75 Å². The highest BCUT2D eigenvalue weighted by molar-refractivity contribution is 6.16. The first-order valence-corrected chi connectivity index (χ1v) is 9.47. The van der Waals surface area contributed by atoms with Crippen molar-refractivity contribution in [2.24, 2.45) is 0 Å². The van der Waals surface area contributed by atoms with Crippen molar-refractivity contribution in [2.45, 2.75) is 20.5 Å². The molecule has 2 aromatic carbocycles. The molecule has 7 nitrogen and oxygen atoms in total. The molecule has 31 heavy (non-hydrogen) atoms. The van der Waals surface area contributed by atoms with Crippen LogP contribution in [0.25, 0.3) is 16.5 Å². The number of fused-ring (bicyclic) bond motifs is 1. The molecule has 0 fully saturated rings. The zero-order chi connectivity index (χ0) is 22.5. The van der Waals surface area contributed by atoms with E-state index in [1.54, 1.807) is 37.3 Å². The Labute approximate surface area is 178 Å². The third-order valence-electron chi connectivity index (χ3n) is 4.76. The van der Waals surface area contributed by atoms with E-state index in [0.717, 1.165) is 0 Å². The van der Waals surface area contributed by atoms with Crippen molar-refractivity contribution < 1.29 is 28.2 Å². The number of ether oxygens (including phenoxy) is 3. The predicted molar refractivity (Wildman–Crippen MR) is 115 cm³/mol. The molecular weight excluding hydrogens is 400 g/mol. The number of benzene rings is 2. The normalized spacial score (nSPS) is 11.3. The Bertz CT molecular complexity index is 1230. The van der Waals surface area contributed by atoms with Crippen molar-refractivity contribution in [3.63, 3.8) is 0 Å². The molecule has 3 aromatic rings. The molecule has 0 N–H and O–H groups in total. The lowest BCUT2D eigenvalue weighted by Gasteiger charge is -2.15. The molecular formula is C24H22O7. The van der Waals surface area contributed by atoms with Gasteiger partial charge in [0.1, 0.15) is 23.5 Å². The molecule has 1 heterocycles. The molecule has 0 atom stereocenters. The van der Waals surface area contributed by atoms with E-state index in [9.17, 15) is 14.4 Å². The van der Waals surface area contributed by atoms with E-state index in [0.29, 0.717) is 33.2 Å². The zero-order valence-corrected chi connectivity index (χ0v) is 17.7.